The van der Waals surface area contributed by atoms with Gasteiger partial charge in [-0.25, -0.2) is 4.98 Å². The smallest absolute Gasteiger partial charge is 0.312 e. The molecule has 0 atom stereocenters. The minimum Gasteiger partial charge on any atom is -0.481 e. The third-order valence-electron chi connectivity index (χ3n) is 5.70. The molecule has 0 spiro atoms. The summed E-state index contributed by atoms with van der Waals surface area (Å²) in [6.45, 7) is 5.21. The molecule has 0 radical (unpaired) electrons. The van der Waals surface area contributed by atoms with Crippen LogP contribution in [0.5, 0.6) is 5.88 Å². The molecule has 0 aliphatic carbocycles. The zero-order valence-corrected chi connectivity index (χ0v) is 19.3. The highest BCUT2D eigenvalue weighted by Crippen LogP contribution is 2.27. The zero-order valence-electron chi connectivity index (χ0n) is 19.3. The number of hydrogen-bond donors (Lipinski definition) is 2. The number of amides is 1. The van der Waals surface area contributed by atoms with Crippen LogP contribution >= 0.6 is 0 Å². The lowest BCUT2D eigenvalue weighted by atomic mass is 9.95. The predicted octanol–water partition coefficient (Wildman–Crippen LogP) is 5.95. The molecule has 0 aliphatic heterocycles. The van der Waals surface area contributed by atoms with Crippen LogP contribution < -0.4 is 10.1 Å². The number of carbonyl (C=O) groups is 2. The number of aryl methyl sites for hydroxylation is 1. The van der Waals surface area contributed by atoms with Crippen LogP contribution in [0, 0.1) is 12.3 Å². The fourth-order valence-electron chi connectivity index (χ4n) is 3.54. The number of carboxylic acids is 1. The van der Waals surface area contributed by atoms with Gasteiger partial charge in [-0.15, -0.1) is 0 Å². The Morgan fingerprint density at radius 3 is 2.41 bits per heavy atom. The number of ether oxygens (including phenoxy) is 1. The first kappa shape index (κ1) is 23.0. The maximum absolute atomic E-state index is 12.8. The third-order valence-corrected chi connectivity index (χ3v) is 5.70. The van der Waals surface area contributed by atoms with Gasteiger partial charge in [0, 0.05) is 29.1 Å². The number of aromatic nitrogens is 1. The molecule has 1 heterocycles. The van der Waals surface area contributed by atoms with Crippen molar-refractivity contribution in [2.75, 3.05) is 11.9 Å². The number of rotatable bonds is 7. The van der Waals surface area contributed by atoms with Crippen LogP contribution in [-0.4, -0.2) is 28.6 Å². The van der Waals surface area contributed by atoms with Crippen LogP contribution in [0.1, 0.15) is 29.8 Å². The molecule has 6 nitrogen and oxygen atoms in total. The summed E-state index contributed by atoms with van der Waals surface area (Å²) in [6, 6.07) is 22.9. The van der Waals surface area contributed by atoms with Crippen molar-refractivity contribution in [3.8, 4) is 17.0 Å². The Labute approximate surface area is 198 Å². The number of carbonyl (C=O) groups excluding carboxylic acids is 1. The van der Waals surface area contributed by atoms with Crippen molar-refractivity contribution in [2.24, 2.45) is 5.41 Å². The van der Waals surface area contributed by atoms with Crippen LogP contribution in [0.4, 0.5) is 5.69 Å². The van der Waals surface area contributed by atoms with E-state index in [0.717, 1.165) is 27.5 Å². The second kappa shape index (κ2) is 9.35. The van der Waals surface area contributed by atoms with Crippen LogP contribution in [0.2, 0.25) is 0 Å². The van der Waals surface area contributed by atoms with Gasteiger partial charge >= 0.3 is 5.97 Å². The molecule has 0 unspecified atom stereocenters. The molecule has 0 fully saturated rings. The normalized spacial score (nSPS) is 11.3. The SMILES string of the molecule is Cc1cc(NC(=O)c2ccc3ccccc3c2)ccc1-c1ccc(OCC(C)(C)C(=O)O)nc1. The van der Waals surface area contributed by atoms with Gasteiger partial charge in [0.2, 0.25) is 5.88 Å². The fourth-order valence-corrected chi connectivity index (χ4v) is 3.54. The summed E-state index contributed by atoms with van der Waals surface area (Å²) in [4.78, 5) is 28.3. The minimum absolute atomic E-state index is 0.0271. The lowest BCUT2D eigenvalue weighted by molar-refractivity contribution is -0.148. The van der Waals surface area contributed by atoms with Crippen molar-refractivity contribution in [1.82, 2.24) is 4.98 Å². The summed E-state index contributed by atoms with van der Waals surface area (Å²) in [5, 5.41) is 14.3. The monoisotopic (exact) mass is 454 g/mol. The standard InChI is InChI=1S/C28H26N2O4/c1-18-14-23(30-26(31)21-9-8-19-6-4-5-7-20(19)15-21)11-12-24(18)22-10-13-25(29-16-22)34-17-28(2,3)27(32)33/h4-16H,17H2,1-3H3,(H,30,31)(H,32,33). The number of carboxylic acid groups (broad SMARTS) is 1. The molecule has 0 saturated carbocycles. The number of fused-ring (bicyclic) bond motifs is 1. The Kier molecular flexibility index (Phi) is 6.32. The van der Waals surface area contributed by atoms with Gasteiger partial charge in [0.05, 0.1) is 5.41 Å². The number of pyridine rings is 1. The van der Waals surface area contributed by atoms with E-state index >= 15 is 0 Å². The number of hydrogen-bond acceptors (Lipinski definition) is 4. The topological polar surface area (TPSA) is 88.5 Å². The molecule has 1 amide bonds. The maximum atomic E-state index is 12.8. The Bertz CT molecular complexity index is 1360. The number of nitrogens with zero attached hydrogens (tertiary/aromatic N) is 1. The molecule has 0 saturated heterocycles. The van der Waals surface area contributed by atoms with Gasteiger partial charge in [-0.3, -0.25) is 9.59 Å². The third kappa shape index (κ3) is 5.07. The van der Waals surface area contributed by atoms with Crippen molar-refractivity contribution in [1.29, 1.82) is 0 Å². The Hall–Kier alpha value is -4.19. The van der Waals surface area contributed by atoms with E-state index in [0.29, 0.717) is 17.1 Å². The lowest BCUT2D eigenvalue weighted by Crippen LogP contribution is -2.30. The highest BCUT2D eigenvalue weighted by atomic mass is 16.5. The van der Waals surface area contributed by atoms with E-state index in [1.54, 1.807) is 26.1 Å². The molecule has 4 rings (SSSR count). The van der Waals surface area contributed by atoms with E-state index in [1.807, 2.05) is 73.7 Å². The van der Waals surface area contributed by atoms with E-state index < -0.39 is 11.4 Å². The average molecular weight is 455 g/mol. The molecule has 0 bridgehead atoms. The molecule has 6 heteroatoms. The quantitative estimate of drug-likeness (QED) is 0.360. The van der Waals surface area contributed by atoms with Crippen LogP contribution in [0.25, 0.3) is 21.9 Å². The second-order valence-electron chi connectivity index (χ2n) is 8.91. The second-order valence-corrected chi connectivity index (χ2v) is 8.91. The number of anilines is 1. The van der Waals surface area contributed by atoms with Gasteiger partial charge in [-0.1, -0.05) is 36.4 Å². The molecule has 172 valence electrons. The van der Waals surface area contributed by atoms with E-state index in [4.69, 9.17) is 4.74 Å². The van der Waals surface area contributed by atoms with Crippen molar-refractivity contribution in [3.05, 3.63) is 90.1 Å². The van der Waals surface area contributed by atoms with E-state index in [1.165, 1.54) is 0 Å². The minimum atomic E-state index is -0.996. The predicted molar refractivity (Wildman–Crippen MR) is 133 cm³/mol. The molecule has 4 aromatic rings. The maximum Gasteiger partial charge on any atom is 0.312 e. The average Bonchev–Trinajstić information content (AvgIpc) is 2.83. The van der Waals surface area contributed by atoms with Crippen LogP contribution in [0.3, 0.4) is 0 Å². The summed E-state index contributed by atoms with van der Waals surface area (Å²) in [5.41, 5.74) is 3.18. The molecule has 0 aliphatic rings. The first-order valence-electron chi connectivity index (χ1n) is 11.0. The summed E-state index contributed by atoms with van der Waals surface area (Å²) in [7, 11) is 0. The molecule has 1 aromatic heterocycles. The molecule has 34 heavy (non-hydrogen) atoms. The van der Waals surface area contributed by atoms with Gasteiger partial charge in [-0.05, 0) is 73.0 Å². The van der Waals surface area contributed by atoms with Crippen LogP contribution in [-0.2, 0) is 4.79 Å². The van der Waals surface area contributed by atoms with Gasteiger partial charge in [0.25, 0.3) is 5.91 Å². The Balaban J connectivity index is 1.45. The number of aliphatic carboxylic acids is 1. The highest BCUT2D eigenvalue weighted by Gasteiger charge is 2.28. The van der Waals surface area contributed by atoms with Gasteiger partial charge in [0.1, 0.15) is 6.61 Å². The van der Waals surface area contributed by atoms with Crippen molar-refractivity contribution >= 4 is 28.3 Å². The van der Waals surface area contributed by atoms with Gasteiger partial charge < -0.3 is 15.2 Å². The van der Waals surface area contributed by atoms with Crippen LogP contribution in [0.15, 0.2) is 79.0 Å². The van der Waals surface area contributed by atoms with Crippen molar-refractivity contribution in [3.63, 3.8) is 0 Å². The first-order valence-corrected chi connectivity index (χ1v) is 11.0. The van der Waals surface area contributed by atoms with Gasteiger partial charge in [0.15, 0.2) is 0 Å². The van der Waals surface area contributed by atoms with Crippen molar-refractivity contribution in [2.45, 2.75) is 20.8 Å². The Morgan fingerprint density at radius 2 is 1.74 bits per heavy atom. The summed E-state index contributed by atoms with van der Waals surface area (Å²) in [5.74, 6) is -0.715. The van der Waals surface area contributed by atoms with Crippen molar-refractivity contribution < 1.29 is 19.4 Å². The first-order chi connectivity index (χ1) is 16.2. The molecular weight excluding hydrogens is 428 g/mol. The van der Waals surface area contributed by atoms with Gasteiger partial charge in [-0.2, -0.15) is 0 Å². The summed E-state index contributed by atoms with van der Waals surface area (Å²) >= 11 is 0. The number of benzene rings is 3. The molecular formula is C28H26N2O4. The van der Waals surface area contributed by atoms with E-state index in [-0.39, 0.29) is 12.5 Å². The highest BCUT2D eigenvalue weighted by molar-refractivity contribution is 6.06. The number of nitrogens with one attached hydrogen (secondary N) is 1. The van der Waals surface area contributed by atoms with E-state index in [2.05, 4.69) is 10.3 Å². The Morgan fingerprint density at radius 1 is 0.971 bits per heavy atom. The molecule has 3 aromatic carbocycles. The summed E-state index contributed by atoms with van der Waals surface area (Å²) in [6.07, 6.45) is 1.69. The fraction of sp³-hybridized carbons (Fsp3) is 0.179. The lowest BCUT2D eigenvalue weighted by Gasteiger charge is -2.19. The largest absolute Gasteiger partial charge is 0.481 e. The molecule has 2 N–H and O–H groups in total. The van der Waals surface area contributed by atoms with E-state index in [9.17, 15) is 14.7 Å². The zero-order chi connectivity index (χ0) is 24.3. The summed E-state index contributed by atoms with van der Waals surface area (Å²) < 4.78 is 5.55.